The molecule has 4 rings (SSSR count). The summed E-state index contributed by atoms with van der Waals surface area (Å²) in [5, 5.41) is 2.86. The molecule has 0 saturated carbocycles. The van der Waals surface area contributed by atoms with Crippen molar-refractivity contribution in [2.24, 2.45) is 0 Å². The zero-order chi connectivity index (χ0) is 20.2. The van der Waals surface area contributed by atoms with Crippen molar-refractivity contribution in [3.63, 3.8) is 0 Å². The third-order valence-corrected chi connectivity index (χ3v) is 5.36. The maximum Gasteiger partial charge on any atom is 0.321 e. The number of benzene rings is 1. The SMILES string of the molecule is O=C(Nc1ccc(C(=O)N2CCCC2)cc1)N1CCN(C(=O)c2ccco2)CC1. The second kappa shape index (κ2) is 8.38. The number of carbonyl (C=O) groups is 3. The van der Waals surface area contributed by atoms with Crippen molar-refractivity contribution in [2.75, 3.05) is 44.6 Å². The van der Waals surface area contributed by atoms with E-state index in [1.807, 2.05) is 4.90 Å². The first-order valence-electron chi connectivity index (χ1n) is 9.90. The number of amides is 4. The molecule has 152 valence electrons. The number of hydrogen-bond donors (Lipinski definition) is 1. The molecule has 8 heteroatoms. The van der Waals surface area contributed by atoms with Crippen LogP contribution in [0, 0.1) is 0 Å². The average Bonchev–Trinajstić information content (AvgIpc) is 3.47. The zero-order valence-electron chi connectivity index (χ0n) is 16.2. The molecule has 0 unspecified atom stereocenters. The lowest BCUT2D eigenvalue weighted by Crippen LogP contribution is -2.51. The van der Waals surface area contributed by atoms with Crippen molar-refractivity contribution in [2.45, 2.75) is 12.8 Å². The Labute approximate surface area is 169 Å². The lowest BCUT2D eigenvalue weighted by atomic mass is 10.2. The van der Waals surface area contributed by atoms with Gasteiger partial charge < -0.3 is 24.4 Å². The Morgan fingerprint density at radius 1 is 0.759 bits per heavy atom. The Balaban J connectivity index is 1.28. The highest BCUT2D eigenvalue weighted by molar-refractivity contribution is 5.96. The van der Waals surface area contributed by atoms with Crippen molar-refractivity contribution >= 4 is 23.5 Å². The number of anilines is 1. The zero-order valence-corrected chi connectivity index (χ0v) is 16.2. The molecule has 2 fully saturated rings. The van der Waals surface area contributed by atoms with Gasteiger partial charge >= 0.3 is 6.03 Å². The van der Waals surface area contributed by atoms with Crippen LogP contribution in [0.25, 0.3) is 0 Å². The van der Waals surface area contributed by atoms with Crippen molar-refractivity contribution in [3.05, 3.63) is 54.0 Å². The van der Waals surface area contributed by atoms with Gasteiger partial charge in [0.25, 0.3) is 11.8 Å². The van der Waals surface area contributed by atoms with E-state index in [1.165, 1.54) is 6.26 Å². The number of urea groups is 1. The molecule has 1 aromatic carbocycles. The number of nitrogens with zero attached hydrogens (tertiary/aromatic N) is 3. The first-order valence-corrected chi connectivity index (χ1v) is 9.90. The number of furan rings is 1. The Hall–Kier alpha value is -3.29. The van der Waals surface area contributed by atoms with E-state index in [2.05, 4.69) is 5.32 Å². The fraction of sp³-hybridized carbons (Fsp3) is 0.381. The largest absolute Gasteiger partial charge is 0.459 e. The van der Waals surface area contributed by atoms with Crippen LogP contribution in [0.5, 0.6) is 0 Å². The van der Waals surface area contributed by atoms with Gasteiger partial charge in [-0.15, -0.1) is 0 Å². The molecule has 1 aromatic heterocycles. The Kier molecular flexibility index (Phi) is 5.50. The molecule has 8 nitrogen and oxygen atoms in total. The van der Waals surface area contributed by atoms with E-state index in [0.29, 0.717) is 43.2 Å². The summed E-state index contributed by atoms with van der Waals surface area (Å²) >= 11 is 0. The van der Waals surface area contributed by atoms with Crippen LogP contribution in [0.15, 0.2) is 47.1 Å². The molecule has 1 N–H and O–H groups in total. The third kappa shape index (κ3) is 4.26. The predicted octanol–water partition coefficient (Wildman–Crippen LogP) is 2.51. The van der Waals surface area contributed by atoms with Gasteiger partial charge in [0.05, 0.1) is 6.26 Å². The van der Waals surface area contributed by atoms with Crippen LogP contribution < -0.4 is 5.32 Å². The number of hydrogen-bond acceptors (Lipinski definition) is 4. The molecular weight excluding hydrogens is 372 g/mol. The first-order chi connectivity index (χ1) is 14.1. The molecule has 2 aromatic rings. The standard InChI is InChI=1S/C21H24N4O4/c26-19(23-9-1-2-10-23)16-5-7-17(8-6-16)22-21(28)25-13-11-24(12-14-25)20(27)18-4-3-15-29-18/h3-8,15H,1-2,9-14H2,(H,22,28). The van der Waals surface area contributed by atoms with E-state index in [-0.39, 0.29) is 17.8 Å². The molecule has 0 radical (unpaired) electrons. The fourth-order valence-electron chi connectivity index (χ4n) is 3.67. The average molecular weight is 396 g/mol. The Morgan fingerprint density at radius 2 is 1.38 bits per heavy atom. The summed E-state index contributed by atoms with van der Waals surface area (Å²) in [4.78, 5) is 42.4. The van der Waals surface area contributed by atoms with Crippen molar-refractivity contribution in [1.82, 2.24) is 14.7 Å². The number of nitrogens with one attached hydrogen (secondary N) is 1. The van der Waals surface area contributed by atoms with Crippen LogP contribution in [0.1, 0.15) is 33.8 Å². The summed E-state index contributed by atoms with van der Waals surface area (Å²) in [7, 11) is 0. The Morgan fingerprint density at radius 3 is 2.00 bits per heavy atom. The smallest absolute Gasteiger partial charge is 0.321 e. The maximum atomic E-state index is 12.5. The monoisotopic (exact) mass is 396 g/mol. The summed E-state index contributed by atoms with van der Waals surface area (Å²) < 4.78 is 5.15. The van der Waals surface area contributed by atoms with Crippen molar-refractivity contribution < 1.29 is 18.8 Å². The third-order valence-electron chi connectivity index (χ3n) is 5.36. The quantitative estimate of drug-likeness (QED) is 0.864. The van der Waals surface area contributed by atoms with Gasteiger partial charge in [-0.1, -0.05) is 0 Å². The highest BCUT2D eigenvalue weighted by Crippen LogP contribution is 2.16. The van der Waals surface area contributed by atoms with Gasteiger partial charge in [-0.2, -0.15) is 0 Å². The van der Waals surface area contributed by atoms with E-state index in [9.17, 15) is 14.4 Å². The van der Waals surface area contributed by atoms with Gasteiger partial charge in [0.1, 0.15) is 0 Å². The van der Waals surface area contributed by atoms with Crippen LogP contribution in [0.3, 0.4) is 0 Å². The van der Waals surface area contributed by atoms with Gasteiger partial charge in [-0.05, 0) is 49.2 Å². The minimum Gasteiger partial charge on any atom is -0.459 e. The molecule has 2 aliphatic heterocycles. The number of piperazine rings is 1. The molecule has 2 aliphatic rings. The van der Waals surface area contributed by atoms with Crippen LogP contribution in [-0.4, -0.2) is 71.8 Å². The lowest BCUT2D eigenvalue weighted by molar-refractivity contribution is 0.0640. The van der Waals surface area contributed by atoms with E-state index in [0.717, 1.165) is 25.9 Å². The minimum atomic E-state index is -0.214. The van der Waals surface area contributed by atoms with Crippen LogP contribution in [0.4, 0.5) is 10.5 Å². The van der Waals surface area contributed by atoms with Crippen molar-refractivity contribution in [1.29, 1.82) is 0 Å². The Bertz CT molecular complexity index is 865. The van der Waals surface area contributed by atoms with Gasteiger partial charge in [0.2, 0.25) is 0 Å². The van der Waals surface area contributed by atoms with Gasteiger partial charge in [0.15, 0.2) is 5.76 Å². The number of carbonyl (C=O) groups excluding carboxylic acids is 3. The highest BCUT2D eigenvalue weighted by Gasteiger charge is 2.26. The molecule has 0 spiro atoms. The van der Waals surface area contributed by atoms with Crippen molar-refractivity contribution in [3.8, 4) is 0 Å². The fourth-order valence-corrected chi connectivity index (χ4v) is 3.67. The summed E-state index contributed by atoms with van der Waals surface area (Å²) in [6.45, 7) is 3.43. The van der Waals surface area contributed by atoms with Crippen LogP contribution in [-0.2, 0) is 0 Å². The van der Waals surface area contributed by atoms with Gasteiger partial charge in [0, 0.05) is 50.5 Å². The van der Waals surface area contributed by atoms with E-state index < -0.39 is 0 Å². The molecule has 0 bridgehead atoms. The second-order valence-electron chi connectivity index (χ2n) is 7.26. The number of likely N-dealkylation sites (tertiary alicyclic amines) is 1. The summed E-state index contributed by atoms with van der Waals surface area (Å²) in [5.41, 5.74) is 1.28. The van der Waals surface area contributed by atoms with Gasteiger partial charge in [-0.25, -0.2) is 4.79 Å². The molecule has 3 heterocycles. The van der Waals surface area contributed by atoms with Crippen LogP contribution >= 0.6 is 0 Å². The molecule has 0 atom stereocenters. The first kappa shape index (κ1) is 19.0. The van der Waals surface area contributed by atoms with E-state index in [1.54, 1.807) is 46.2 Å². The normalized spacial score (nSPS) is 16.8. The van der Waals surface area contributed by atoms with E-state index in [4.69, 9.17) is 4.42 Å². The van der Waals surface area contributed by atoms with Gasteiger partial charge in [-0.3, -0.25) is 9.59 Å². The second-order valence-corrected chi connectivity index (χ2v) is 7.26. The molecule has 0 aliphatic carbocycles. The lowest BCUT2D eigenvalue weighted by Gasteiger charge is -2.34. The summed E-state index contributed by atoms with van der Waals surface area (Å²) in [6.07, 6.45) is 3.58. The summed E-state index contributed by atoms with van der Waals surface area (Å²) in [6, 6.07) is 10.1. The molecule has 2 saturated heterocycles. The predicted molar refractivity (Wildman–Crippen MR) is 107 cm³/mol. The topological polar surface area (TPSA) is 86.1 Å². The maximum absolute atomic E-state index is 12.5. The molecule has 29 heavy (non-hydrogen) atoms. The molecule has 4 amide bonds. The highest BCUT2D eigenvalue weighted by atomic mass is 16.3. The van der Waals surface area contributed by atoms with Crippen LogP contribution in [0.2, 0.25) is 0 Å². The summed E-state index contributed by atoms with van der Waals surface area (Å²) in [5.74, 6) is 0.192. The van der Waals surface area contributed by atoms with E-state index >= 15 is 0 Å². The minimum absolute atomic E-state index is 0.0396. The molecular formula is C21H24N4O4. The number of rotatable bonds is 3.